The number of hydrogen-bond donors (Lipinski definition) is 0. The molecule has 0 atom stereocenters. The summed E-state index contributed by atoms with van der Waals surface area (Å²) in [5.41, 5.74) is 1.64. The molecule has 0 saturated carbocycles. The predicted octanol–water partition coefficient (Wildman–Crippen LogP) is 2.70. The summed E-state index contributed by atoms with van der Waals surface area (Å²) in [6.45, 7) is 0. The van der Waals surface area contributed by atoms with E-state index in [1.807, 2.05) is 35.9 Å². The largest absolute Gasteiger partial charge is 0.335 e. The Bertz CT molecular complexity index is 505. The first-order chi connectivity index (χ1) is 6.22. The lowest BCUT2D eigenvalue weighted by molar-refractivity contribution is 0.947. The molecule has 0 spiro atoms. The summed E-state index contributed by atoms with van der Waals surface area (Å²) in [7, 11) is 1.86. The molecule has 0 radical (unpaired) electrons. The molecule has 0 saturated heterocycles. The molecule has 0 bridgehead atoms. The van der Waals surface area contributed by atoms with Crippen molar-refractivity contribution in [2.75, 3.05) is 0 Å². The average Bonchev–Trinajstić information content (AvgIpc) is 2.44. The van der Waals surface area contributed by atoms with Crippen LogP contribution >= 0.6 is 11.6 Å². The zero-order valence-electron chi connectivity index (χ0n) is 7.08. The minimum Gasteiger partial charge on any atom is -0.335 e. The van der Waals surface area contributed by atoms with Crippen LogP contribution in [0, 0.1) is 11.3 Å². The minimum absolute atomic E-state index is 0.650. The Labute approximate surface area is 81.0 Å². The highest BCUT2D eigenvalue weighted by Crippen LogP contribution is 2.21. The van der Waals surface area contributed by atoms with E-state index in [1.54, 1.807) is 0 Å². The quantitative estimate of drug-likeness (QED) is 0.628. The molecule has 0 unspecified atom stereocenters. The molecule has 0 amide bonds. The van der Waals surface area contributed by atoms with Gasteiger partial charge in [0.1, 0.15) is 11.8 Å². The van der Waals surface area contributed by atoms with Gasteiger partial charge in [-0.3, -0.25) is 0 Å². The van der Waals surface area contributed by atoms with Crippen molar-refractivity contribution >= 4 is 22.5 Å². The molecule has 2 nitrogen and oxygen atoms in total. The van der Waals surface area contributed by atoms with E-state index in [2.05, 4.69) is 6.07 Å². The number of aryl methyl sites for hydroxylation is 1. The summed E-state index contributed by atoms with van der Waals surface area (Å²) in [6.07, 6.45) is 0. The molecule has 1 aromatic carbocycles. The Balaban J connectivity index is 2.87. The maximum Gasteiger partial charge on any atom is 0.121 e. The summed E-state index contributed by atoms with van der Waals surface area (Å²) in [5, 5.41) is 10.5. The van der Waals surface area contributed by atoms with Gasteiger partial charge in [0, 0.05) is 17.5 Å². The highest BCUT2D eigenvalue weighted by atomic mass is 35.5. The van der Waals surface area contributed by atoms with Gasteiger partial charge in [0.25, 0.3) is 0 Å². The molecule has 13 heavy (non-hydrogen) atoms. The monoisotopic (exact) mass is 190 g/mol. The van der Waals surface area contributed by atoms with Gasteiger partial charge >= 0.3 is 0 Å². The Morgan fingerprint density at radius 2 is 2.15 bits per heavy atom. The van der Waals surface area contributed by atoms with Crippen LogP contribution in [0.4, 0.5) is 0 Å². The smallest absolute Gasteiger partial charge is 0.121 e. The standard InChI is InChI=1S/C10H7ClN2/c1-13-9(6-12)4-7-2-3-8(11)5-10(7)13/h2-5H,1H3. The molecule has 3 heteroatoms. The number of benzene rings is 1. The normalized spacial score (nSPS) is 10.2. The third-order valence-corrected chi connectivity index (χ3v) is 2.36. The van der Waals surface area contributed by atoms with Crippen LogP contribution in [0.5, 0.6) is 0 Å². The lowest BCUT2D eigenvalue weighted by atomic mass is 10.2. The van der Waals surface area contributed by atoms with Crippen molar-refractivity contribution < 1.29 is 0 Å². The van der Waals surface area contributed by atoms with Crippen LogP contribution < -0.4 is 0 Å². The summed E-state index contributed by atoms with van der Waals surface area (Å²) in [4.78, 5) is 0. The van der Waals surface area contributed by atoms with Crippen LogP contribution in [-0.4, -0.2) is 4.57 Å². The van der Waals surface area contributed by atoms with Gasteiger partial charge in [0.15, 0.2) is 0 Å². The molecule has 2 aromatic rings. The van der Waals surface area contributed by atoms with Crippen LogP contribution in [0.15, 0.2) is 24.3 Å². The third-order valence-electron chi connectivity index (χ3n) is 2.12. The molecular formula is C10H7ClN2. The molecule has 0 aliphatic carbocycles. The van der Waals surface area contributed by atoms with Crippen LogP contribution in [0.1, 0.15) is 5.69 Å². The Hall–Kier alpha value is -1.46. The van der Waals surface area contributed by atoms with E-state index in [0.29, 0.717) is 10.7 Å². The van der Waals surface area contributed by atoms with Crippen LogP contribution in [-0.2, 0) is 7.05 Å². The van der Waals surface area contributed by atoms with Crippen molar-refractivity contribution in [3.05, 3.63) is 35.0 Å². The topological polar surface area (TPSA) is 28.7 Å². The van der Waals surface area contributed by atoms with Crippen molar-refractivity contribution in [1.82, 2.24) is 4.57 Å². The zero-order chi connectivity index (χ0) is 9.42. The summed E-state index contributed by atoms with van der Waals surface area (Å²) >= 11 is 5.85. The van der Waals surface area contributed by atoms with Crippen molar-refractivity contribution in [3.63, 3.8) is 0 Å². The third kappa shape index (κ3) is 1.18. The molecule has 0 N–H and O–H groups in total. The fourth-order valence-electron chi connectivity index (χ4n) is 1.41. The molecular weight excluding hydrogens is 184 g/mol. The summed E-state index contributed by atoms with van der Waals surface area (Å²) in [5.74, 6) is 0. The Morgan fingerprint density at radius 1 is 1.38 bits per heavy atom. The van der Waals surface area contributed by atoms with Gasteiger partial charge in [0.05, 0.1) is 5.52 Å². The number of nitrogens with zero attached hydrogens (tertiary/aromatic N) is 2. The molecule has 1 aromatic heterocycles. The molecule has 1 heterocycles. The minimum atomic E-state index is 0.650. The van der Waals surface area contributed by atoms with Gasteiger partial charge in [-0.1, -0.05) is 17.7 Å². The van der Waals surface area contributed by atoms with Gasteiger partial charge in [-0.05, 0) is 18.2 Å². The lowest BCUT2D eigenvalue weighted by Gasteiger charge is -1.96. The van der Waals surface area contributed by atoms with Crippen molar-refractivity contribution in [2.45, 2.75) is 0 Å². The van der Waals surface area contributed by atoms with E-state index in [4.69, 9.17) is 16.9 Å². The van der Waals surface area contributed by atoms with Gasteiger partial charge < -0.3 is 4.57 Å². The first-order valence-corrected chi connectivity index (χ1v) is 4.25. The number of hydrogen-bond acceptors (Lipinski definition) is 1. The highest BCUT2D eigenvalue weighted by Gasteiger charge is 2.04. The van der Waals surface area contributed by atoms with E-state index in [1.165, 1.54) is 0 Å². The summed E-state index contributed by atoms with van der Waals surface area (Å²) in [6, 6.07) is 9.58. The second-order valence-corrected chi connectivity index (χ2v) is 3.34. The van der Waals surface area contributed by atoms with E-state index in [9.17, 15) is 0 Å². The maximum atomic E-state index is 8.78. The first kappa shape index (κ1) is 8.15. The van der Waals surface area contributed by atoms with E-state index in [0.717, 1.165) is 10.9 Å². The van der Waals surface area contributed by atoms with Crippen LogP contribution in [0.3, 0.4) is 0 Å². The van der Waals surface area contributed by atoms with Crippen molar-refractivity contribution in [1.29, 1.82) is 5.26 Å². The maximum absolute atomic E-state index is 8.78. The SMILES string of the molecule is Cn1c(C#N)cc2ccc(Cl)cc21. The second kappa shape index (κ2) is 2.79. The highest BCUT2D eigenvalue weighted by molar-refractivity contribution is 6.31. The predicted molar refractivity (Wildman–Crippen MR) is 52.6 cm³/mol. The fourth-order valence-corrected chi connectivity index (χ4v) is 1.58. The second-order valence-electron chi connectivity index (χ2n) is 2.90. The zero-order valence-corrected chi connectivity index (χ0v) is 7.84. The van der Waals surface area contributed by atoms with Crippen molar-refractivity contribution in [3.8, 4) is 6.07 Å². The molecule has 2 rings (SSSR count). The van der Waals surface area contributed by atoms with Gasteiger partial charge in [-0.2, -0.15) is 5.26 Å². The fraction of sp³-hybridized carbons (Fsp3) is 0.100. The number of fused-ring (bicyclic) bond motifs is 1. The van der Waals surface area contributed by atoms with Gasteiger partial charge in [-0.15, -0.1) is 0 Å². The Morgan fingerprint density at radius 3 is 2.85 bits per heavy atom. The summed E-state index contributed by atoms with van der Waals surface area (Å²) < 4.78 is 1.83. The number of rotatable bonds is 0. The molecule has 0 aliphatic rings. The van der Waals surface area contributed by atoms with Gasteiger partial charge in [0.2, 0.25) is 0 Å². The van der Waals surface area contributed by atoms with Crippen LogP contribution in [0.25, 0.3) is 10.9 Å². The van der Waals surface area contributed by atoms with Gasteiger partial charge in [-0.25, -0.2) is 0 Å². The number of nitriles is 1. The van der Waals surface area contributed by atoms with Crippen molar-refractivity contribution in [2.24, 2.45) is 7.05 Å². The first-order valence-electron chi connectivity index (χ1n) is 3.87. The van der Waals surface area contributed by atoms with E-state index < -0.39 is 0 Å². The Kier molecular flexibility index (Phi) is 1.75. The molecule has 0 fully saturated rings. The van der Waals surface area contributed by atoms with Crippen LogP contribution in [0.2, 0.25) is 5.02 Å². The average molecular weight is 191 g/mol. The molecule has 64 valence electrons. The number of halogens is 1. The number of aromatic nitrogens is 1. The van der Waals surface area contributed by atoms with E-state index in [-0.39, 0.29) is 0 Å². The lowest BCUT2D eigenvalue weighted by Crippen LogP contribution is -1.89. The van der Waals surface area contributed by atoms with E-state index >= 15 is 0 Å². The molecule has 0 aliphatic heterocycles.